The molecule has 0 aromatic carbocycles. The molecule has 0 radical (unpaired) electrons. The predicted octanol–water partition coefficient (Wildman–Crippen LogP) is 2.02. The lowest BCUT2D eigenvalue weighted by Crippen LogP contribution is -2.47. The number of nitrogens with zero attached hydrogens (tertiary/aromatic N) is 2. The van der Waals surface area contributed by atoms with Crippen LogP contribution in [0.15, 0.2) is 0 Å². The van der Waals surface area contributed by atoms with Gasteiger partial charge in [-0.15, -0.1) is 0 Å². The molecule has 5 nitrogen and oxygen atoms in total. The Morgan fingerprint density at radius 2 is 1.83 bits per heavy atom. The number of amidine groups is 1. The first kappa shape index (κ1) is 14.8. The Hall–Kier alpha value is -1.26. The van der Waals surface area contributed by atoms with Gasteiger partial charge >= 0.3 is 6.03 Å². The van der Waals surface area contributed by atoms with Crippen molar-refractivity contribution in [2.75, 3.05) is 19.6 Å². The topological polar surface area (TPSA) is 73.4 Å². The summed E-state index contributed by atoms with van der Waals surface area (Å²) >= 11 is 0. The zero-order valence-corrected chi connectivity index (χ0v) is 11.6. The number of hydrogen-bond acceptors (Lipinski definition) is 2. The maximum absolute atomic E-state index is 12.4. The number of nitrogens with one attached hydrogen (secondary N) is 1. The van der Waals surface area contributed by atoms with E-state index in [0.29, 0.717) is 13.0 Å². The van der Waals surface area contributed by atoms with Gasteiger partial charge in [-0.1, -0.05) is 12.8 Å². The van der Waals surface area contributed by atoms with E-state index >= 15 is 0 Å². The van der Waals surface area contributed by atoms with Crippen molar-refractivity contribution in [2.45, 2.75) is 52.0 Å². The van der Waals surface area contributed by atoms with E-state index in [2.05, 4.69) is 0 Å². The van der Waals surface area contributed by atoms with Gasteiger partial charge in [0.05, 0.1) is 5.84 Å². The summed E-state index contributed by atoms with van der Waals surface area (Å²) in [4.78, 5) is 16.2. The maximum Gasteiger partial charge on any atom is 0.320 e. The first-order chi connectivity index (χ1) is 8.52. The number of nitrogens with two attached hydrogens (primary N) is 1. The zero-order valence-electron chi connectivity index (χ0n) is 11.6. The minimum Gasteiger partial charge on any atom is -0.388 e. The molecule has 104 valence electrons. The Bertz CT molecular complexity index is 283. The smallest absolute Gasteiger partial charge is 0.320 e. The van der Waals surface area contributed by atoms with Gasteiger partial charge in [0.2, 0.25) is 0 Å². The Kier molecular flexibility index (Phi) is 5.95. The third kappa shape index (κ3) is 4.55. The van der Waals surface area contributed by atoms with Gasteiger partial charge < -0.3 is 15.5 Å². The highest BCUT2D eigenvalue weighted by Crippen LogP contribution is 2.13. The van der Waals surface area contributed by atoms with Crippen molar-refractivity contribution in [3.63, 3.8) is 0 Å². The van der Waals surface area contributed by atoms with Crippen LogP contribution in [-0.2, 0) is 0 Å². The van der Waals surface area contributed by atoms with Crippen molar-refractivity contribution in [1.82, 2.24) is 9.80 Å². The fraction of sp³-hybridized carbons (Fsp3) is 0.846. The van der Waals surface area contributed by atoms with Crippen molar-refractivity contribution < 1.29 is 4.79 Å². The summed E-state index contributed by atoms with van der Waals surface area (Å²) in [5.74, 6) is 0.143. The summed E-state index contributed by atoms with van der Waals surface area (Å²) in [5.41, 5.74) is 5.38. The van der Waals surface area contributed by atoms with Crippen molar-refractivity contribution in [2.24, 2.45) is 5.73 Å². The molecule has 0 atom stereocenters. The molecule has 3 N–H and O–H groups in total. The number of carbonyl (C=O) groups is 1. The maximum atomic E-state index is 12.4. The quantitative estimate of drug-likeness (QED) is 0.595. The number of rotatable bonds is 4. The number of amides is 2. The van der Waals surface area contributed by atoms with Gasteiger partial charge in [-0.2, -0.15) is 0 Å². The van der Waals surface area contributed by atoms with Gasteiger partial charge in [0.1, 0.15) is 0 Å². The fourth-order valence-electron chi connectivity index (χ4n) is 2.26. The highest BCUT2D eigenvalue weighted by Gasteiger charge is 2.23. The average Bonchev–Trinajstić information content (AvgIpc) is 2.56. The molecule has 1 fully saturated rings. The largest absolute Gasteiger partial charge is 0.388 e. The van der Waals surface area contributed by atoms with Gasteiger partial charge in [0.25, 0.3) is 0 Å². The molecular weight excluding hydrogens is 228 g/mol. The molecule has 0 unspecified atom stereocenters. The minimum atomic E-state index is 0.105. The molecule has 0 bridgehead atoms. The Balaban J connectivity index is 2.59. The number of urea groups is 1. The van der Waals surface area contributed by atoms with E-state index in [0.717, 1.165) is 25.9 Å². The highest BCUT2D eigenvalue weighted by molar-refractivity contribution is 5.79. The molecule has 0 spiro atoms. The molecule has 2 amide bonds. The second kappa shape index (κ2) is 7.24. The van der Waals surface area contributed by atoms with Crippen molar-refractivity contribution in [1.29, 1.82) is 5.41 Å². The summed E-state index contributed by atoms with van der Waals surface area (Å²) in [6.07, 6.45) is 5.10. The van der Waals surface area contributed by atoms with Crippen LogP contribution in [0, 0.1) is 5.41 Å². The van der Waals surface area contributed by atoms with Crippen LogP contribution in [-0.4, -0.2) is 47.3 Å². The van der Waals surface area contributed by atoms with E-state index in [9.17, 15) is 4.79 Å². The van der Waals surface area contributed by atoms with Crippen LogP contribution in [0.5, 0.6) is 0 Å². The molecule has 0 saturated carbocycles. The second-order valence-electron chi connectivity index (χ2n) is 5.25. The van der Waals surface area contributed by atoms with Crippen LogP contribution in [0.25, 0.3) is 0 Å². The Labute approximate surface area is 110 Å². The summed E-state index contributed by atoms with van der Waals surface area (Å²) in [7, 11) is 0. The number of carbonyl (C=O) groups excluding carboxylic acids is 1. The summed E-state index contributed by atoms with van der Waals surface area (Å²) in [5, 5.41) is 7.28. The molecule has 1 aliphatic heterocycles. The minimum absolute atomic E-state index is 0.105. The van der Waals surface area contributed by atoms with E-state index in [-0.39, 0.29) is 17.9 Å². The van der Waals surface area contributed by atoms with Crippen LogP contribution < -0.4 is 5.73 Å². The van der Waals surface area contributed by atoms with Crippen LogP contribution in [0.4, 0.5) is 4.79 Å². The molecule has 1 heterocycles. The van der Waals surface area contributed by atoms with Crippen LogP contribution >= 0.6 is 0 Å². The van der Waals surface area contributed by atoms with Crippen molar-refractivity contribution in [3.05, 3.63) is 0 Å². The summed E-state index contributed by atoms with van der Waals surface area (Å²) in [6.45, 7) is 6.29. The van der Waals surface area contributed by atoms with Crippen LogP contribution in [0.2, 0.25) is 0 Å². The van der Waals surface area contributed by atoms with Gasteiger partial charge in [-0.3, -0.25) is 5.41 Å². The Morgan fingerprint density at radius 1 is 1.28 bits per heavy atom. The van der Waals surface area contributed by atoms with Crippen LogP contribution in [0.3, 0.4) is 0 Å². The molecule has 0 aromatic heterocycles. The van der Waals surface area contributed by atoms with Crippen molar-refractivity contribution in [3.8, 4) is 0 Å². The van der Waals surface area contributed by atoms with E-state index in [1.807, 2.05) is 23.6 Å². The number of hydrogen-bond donors (Lipinski definition) is 2. The lowest BCUT2D eigenvalue weighted by molar-refractivity contribution is 0.143. The first-order valence-corrected chi connectivity index (χ1v) is 6.91. The lowest BCUT2D eigenvalue weighted by Gasteiger charge is -2.32. The lowest BCUT2D eigenvalue weighted by atomic mass is 10.2. The molecule has 1 aliphatic rings. The van der Waals surface area contributed by atoms with Gasteiger partial charge in [-0.05, 0) is 26.7 Å². The normalized spacial score (nSPS) is 16.5. The molecule has 5 heteroatoms. The highest BCUT2D eigenvalue weighted by atomic mass is 16.2. The van der Waals surface area contributed by atoms with E-state index in [4.69, 9.17) is 11.1 Å². The summed E-state index contributed by atoms with van der Waals surface area (Å²) in [6, 6.07) is 0.258. The van der Waals surface area contributed by atoms with E-state index in [1.54, 1.807) is 0 Å². The molecule has 1 rings (SSSR count). The van der Waals surface area contributed by atoms with Crippen molar-refractivity contribution >= 4 is 11.9 Å². The SMILES string of the molecule is CC(C)N(CCC(=N)N)C(=O)N1CCCCCC1. The second-order valence-corrected chi connectivity index (χ2v) is 5.25. The molecule has 1 saturated heterocycles. The third-order valence-electron chi connectivity index (χ3n) is 3.37. The molecule has 18 heavy (non-hydrogen) atoms. The standard InChI is InChI=1S/C13H26N4O/c1-11(2)17(10-7-12(14)15)13(18)16-8-5-3-4-6-9-16/h11H,3-10H2,1-2H3,(H3,14,15). The average molecular weight is 254 g/mol. The first-order valence-electron chi connectivity index (χ1n) is 6.91. The van der Waals surface area contributed by atoms with Gasteiger partial charge in [0, 0.05) is 32.1 Å². The monoisotopic (exact) mass is 254 g/mol. The summed E-state index contributed by atoms with van der Waals surface area (Å²) < 4.78 is 0. The third-order valence-corrected chi connectivity index (χ3v) is 3.37. The predicted molar refractivity (Wildman–Crippen MR) is 73.8 cm³/mol. The van der Waals surface area contributed by atoms with Crippen LogP contribution in [0.1, 0.15) is 46.0 Å². The van der Waals surface area contributed by atoms with Gasteiger partial charge in [-0.25, -0.2) is 4.79 Å². The van der Waals surface area contributed by atoms with Gasteiger partial charge in [0.15, 0.2) is 0 Å². The molecular formula is C13H26N4O. The molecule has 0 aromatic rings. The Morgan fingerprint density at radius 3 is 2.28 bits per heavy atom. The zero-order chi connectivity index (χ0) is 13.5. The van der Waals surface area contributed by atoms with E-state index < -0.39 is 0 Å². The molecule has 0 aliphatic carbocycles. The fourth-order valence-corrected chi connectivity index (χ4v) is 2.26. The van der Waals surface area contributed by atoms with E-state index in [1.165, 1.54) is 12.8 Å². The number of likely N-dealkylation sites (tertiary alicyclic amines) is 1.